The van der Waals surface area contributed by atoms with E-state index in [0.29, 0.717) is 26.1 Å². The maximum absolute atomic E-state index is 13.1. The Morgan fingerprint density at radius 3 is 2.67 bits per heavy atom. The summed E-state index contributed by atoms with van der Waals surface area (Å²) in [5.41, 5.74) is 3.61. The standard InChI is InChI=1S/C27H32N4O5/c1-27(13-12-19-7-3-2-4-8-19)25(33)31(26(34)28-27)29-24(32)18-30-14-5-9-21(30)20-10-11-22-23(17-20)36-16-6-15-35-22/h2-4,7-8,10-11,17,21H,5-6,9,12-16,18H2,1H3,(H,28,34)(H,29,32)/t21-,27+/m1/s1. The molecule has 9 nitrogen and oxygen atoms in total. The first-order valence-electron chi connectivity index (χ1n) is 12.6. The maximum atomic E-state index is 13.1. The van der Waals surface area contributed by atoms with E-state index in [2.05, 4.69) is 15.6 Å². The Hall–Kier alpha value is -3.59. The van der Waals surface area contributed by atoms with Crippen molar-refractivity contribution in [3.05, 3.63) is 59.7 Å². The molecule has 0 bridgehead atoms. The van der Waals surface area contributed by atoms with Crippen LogP contribution in [0.1, 0.15) is 49.8 Å². The lowest BCUT2D eigenvalue weighted by Crippen LogP contribution is -2.51. The number of imide groups is 1. The molecule has 3 aliphatic heterocycles. The second kappa shape index (κ2) is 10.2. The fraction of sp³-hybridized carbons (Fsp3) is 0.444. The molecule has 2 atom stereocenters. The van der Waals surface area contributed by atoms with Crippen LogP contribution in [0, 0.1) is 0 Å². The number of carbonyl (C=O) groups is 3. The summed E-state index contributed by atoms with van der Waals surface area (Å²) in [6, 6.07) is 15.2. The van der Waals surface area contributed by atoms with E-state index in [0.717, 1.165) is 53.4 Å². The Morgan fingerprint density at radius 2 is 1.86 bits per heavy atom. The lowest BCUT2D eigenvalue weighted by atomic mass is 9.93. The number of aryl methyl sites for hydroxylation is 1. The highest BCUT2D eigenvalue weighted by Gasteiger charge is 2.48. The molecule has 36 heavy (non-hydrogen) atoms. The average Bonchev–Trinajstić information content (AvgIpc) is 3.31. The van der Waals surface area contributed by atoms with E-state index in [4.69, 9.17) is 9.47 Å². The molecule has 0 saturated carbocycles. The van der Waals surface area contributed by atoms with Gasteiger partial charge in [0, 0.05) is 12.5 Å². The number of nitrogens with zero attached hydrogens (tertiary/aromatic N) is 2. The zero-order chi connectivity index (χ0) is 25.1. The third-order valence-corrected chi connectivity index (χ3v) is 7.12. The number of amides is 4. The normalized spacial score (nSPS) is 23.9. The Balaban J connectivity index is 1.20. The van der Waals surface area contributed by atoms with Crippen LogP contribution >= 0.6 is 0 Å². The first-order chi connectivity index (χ1) is 17.4. The van der Waals surface area contributed by atoms with Crippen molar-refractivity contribution in [1.82, 2.24) is 20.7 Å². The van der Waals surface area contributed by atoms with E-state index in [1.165, 1.54) is 0 Å². The highest BCUT2D eigenvalue weighted by molar-refractivity contribution is 6.07. The molecule has 2 fully saturated rings. The number of hydrogen-bond donors (Lipinski definition) is 2. The molecule has 190 valence electrons. The van der Waals surface area contributed by atoms with Crippen molar-refractivity contribution in [2.24, 2.45) is 0 Å². The molecule has 9 heteroatoms. The molecule has 0 spiro atoms. The van der Waals surface area contributed by atoms with E-state index in [9.17, 15) is 14.4 Å². The third kappa shape index (κ3) is 5.02. The van der Waals surface area contributed by atoms with Crippen molar-refractivity contribution in [3.63, 3.8) is 0 Å². The number of benzene rings is 2. The summed E-state index contributed by atoms with van der Waals surface area (Å²) in [4.78, 5) is 40.6. The van der Waals surface area contributed by atoms with E-state index in [1.54, 1.807) is 6.92 Å². The maximum Gasteiger partial charge on any atom is 0.344 e. The zero-order valence-corrected chi connectivity index (χ0v) is 20.5. The summed E-state index contributed by atoms with van der Waals surface area (Å²) in [7, 11) is 0. The summed E-state index contributed by atoms with van der Waals surface area (Å²) in [6.07, 6.45) is 3.77. The monoisotopic (exact) mass is 492 g/mol. The second-order valence-corrected chi connectivity index (χ2v) is 9.81. The quantitative estimate of drug-likeness (QED) is 0.577. The summed E-state index contributed by atoms with van der Waals surface area (Å²) in [5, 5.41) is 3.58. The Kier molecular flexibility index (Phi) is 6.82. The molecule has 3 aliphatic rings. The van der Waals surface area contributed by atoms with Gasteiger partial charge >= 0.3 is 6.03 Å². The topological polar surface area (TPSA) is 100 Å². The van der Waals surface area contributed by atoms with Crippen molar-refractivity contribution >= 4 is 17.8 Å². The molecule has 3 heterocycles. The lowest BCUT2D eigenvalue weighted by molar-refractivity contribution is -0.139. The average molecular weight is 493 g/mol. The second-order valence-electron chi connectivity index (χ2n) is 9.81. The third-order valence-electron chi connectivity index (χ3n) is 7.12. The first kappa shape index (κ1) is 24.1. The number of rotatable bonds is 7. The summed E-state index contributed by atoms with van der Waals surface area (Å²) in [5.74, 6) is 0.632. The van der Waals surface area contributed by atoms with Crippen LogP contribution < -0.4 is 20.2 Å². The Bertz CT molecular complexity index is 1140. The van der Waals surface area contributed by atoms with Crippen molar-refractivity contribution in [2.45, 2.75) is 50.6 Å². The van der Waals surface area contributed by atoms with Crippen LogP contribution in [0.2, 0.25) is 0 Å². The molecule has 2 saturated heterocycles. The van der Waals surface area contributed by atoms with E-state index < -0.39 is 23.4 Å². The molecule has 2 aromatic carbocycles. The van der Waals surface area contributed by atoms with Gasteiger partial charge in [0.25, 0.3) is 11.8 Å². The largest absolute Gasteiger partial charge is 0.490 e. The van der Waals surface area contributed by atoms with Crippen molar-refractivity contribution in [1.29, 1.82) is 0 Å². The van der Waals surface area contributed by atoms with Crippen LogP contribution in [-0.4, -0.2) is 59.6 Å². The number of hydrazine groups is 1. The minimum atomic E-state index is -1.07. The van der Waals surface area contributed by atoms with Crippen molar-refractivity contribution in [3.8, 4) is 11.5 Å². The van der Waals surface area contributed by atoms with E-state index in [-0.39, 0.29) is 12.6 Å². The molecular formula is C27H32N4O5. The lowest BCUT2D eigenvalue weighted by Gasteiger charge is -2.26. The van der Waals surface area contributed by atoms with Crippen LogP contribution in [0.15, 0.2) is 48.5 Å². The molecule has 2 aromatic rings. The van der Waals surface area contributed by atoms with Gasteiger partial charge in [-0.25, -0.2) is 4.79 Å². The first-order valence-corrected chi connectivity index (χ1v) is 12.6. The predicted octanol–water partition coefficient (Wildman–Crippen LogP) is 2.96. The van der Waals surface area contributed by atoms with Crippen LogP contribution in [0.3, 0.4) is 0 Å². The molecule has 5 rings (SSSR count). The summed E-state index contributed by atoms with van der Waals surface area (Å²) in [6.45, 7) is 3.78. The van der Waals surface area contributed by atoms with E-state index >= 15 is 0 Å². The van der Waals surface area contributed by atoms with Gasteiger partial charge in [-0.05, 0) is 62.4 Å². The highest BCUT2D eigenvalue weighted by atomic mass is 16.5. The van der Waals surface area contributed by atoms with E-state index in [1.807, 2.05) is 48.5 Å². The van der Waals surface area contributed by atoms with Gasteiger partial charge in [0.1, 0.15) is 5.54 Å². The molecule has 2 N–H and O–H groups in total. The fourth-order valence-electron chi connectivity index (χ4n) is 5.12. The Morgan fingerprint density at radius 1 is 1.08 bits per heavy atom. The van der Waals surface area contributed by atoms with Gasteiger partial charge in [-0.15, -0.1) is 0 Å². The minimum absolute atomic E-state index is 0.0483. The zero-order valence-electron chi connectivity index (χ0n) is 20.5. The highest BCUT2D eigenvalue weighted by Crippen LogP contribution is 2.37. The van der Waals surface area contributed by atoms with Gasteiger partial charge in [-0.2, -0.15) is 5.01 Å². The van der Waals surface area contributed by atoms with Crippen LogP contribution in [0.25, 0.3) is 0 Å². The number of carbonyl (C=O) groups excluding carboxylic acids is 3. The SMILES string of the molecule is C[C@@]1(CCc2ccccc2)NC(=O)N(NC(=O)CN2CCC[C@@H]2c2ccc3c(c2)OCCCO3)C1=O. The van der Waals surface area contributed by atoms with Gasteiger partial charge in [0.2, 0.25) is 0 Å². The number of nitrogens with one attached hydrogen (secondary N) is 2. The number of likely N-dealkylation sites (tertiary alicyclic amines) is 1. The van der Waals surface area contributed by atoms with Gasteiger partial charge < -0.3 is 14.8 Å². The van der Waals surface area contributed by atoms with Gasteiger partial charge in [0.15, 0.2) is 11.5 Å². The van der Waals surface area contributed by atoms with Crippen LogP contribution in [-0.2, 0) is 16.0 Å². The summed E-state index contributed by atoms with van der Waals surface area (Å²) < 4.78 is 11.6. The summed E-state index contributed by atoms with van der Waals surface area (Å²) >= 11 is 0. The van der Waals surface area contributed by atoms with Gasteiger partial charge in [-0.1, -0.05) is 36.4 Å². The molecule has 0 aliphatic carbocycles. The fourth-order valence-corrected chi connectivity index (χ4v) is 5.12. The molecule has 0 radical (unpaired) electrons. The van der Waals surface area contributed by atoms with Gasteiger partial charge in [0.05, 0.1) is 19.8 Å². The number of fused-ring (bicyclic) bond motifs is 1. The molecular weight excluding hydrogens is 460 g/mol. The van der Waals surface area contributed by atoms with Crippen LogP contribution in [0.5, 0.6) is 11.5 Å². The van der Waals surface area contributed by atoms with Crippen molar-refractivity contribution < 1.29 is 23.9 Å². The smallest absolute Gasteiger partial charge is 0.344 e. The number of hydrogen-bond acceptors (Lipinski definition) is 6. The predicted molar refractivity (Wildman–Crippen MR) is 132 cm³/mol. The van der Waals surface area contributed by atoms with Crippen molar-refractivity contribution in [2.75, 3.05) is 26.3 Å². The van der Waals surface area contributed by atoms with Crippen LogP contribution in [0.4, 0.5) is 4.79 Å². The minimum Gasteiger partial charge on any atom is -0.490 e. The molecule has 0 aromatic heterocycles. The van der Waals surface area contributed by atoms with Gasteiger partial charge in [-0.3, -0.25) is 19.9 Å². The Labute approximate surface area is 210 Å². The number of ether oxygens (including phenoxy) is 2. The molecule has 4 amide bonds. The molecule has 0 unspecified atom stereocenters. The number of urea groups is 1.